The summed E-state index contributed by atoms with van der Waals surface area (Å²) in [5.41, 5.74) is 3.98. The molecular weight excluding hydrogens is 322 g/mol. The van der Waals surface area contributed by atoms with Crippen molar-refractivity contribution in [2.45, 2.75) is 38.6 Å². The summed E-state index contributed by atoms with van der Waals surface area (Å²) in [6, 6.07) is 18.6. The largest absolute Gasteiger partial charge is 0.481 e. The maximum Gasteiger partial charge on any atom is 0.313 e. The highest BCUT2D eigenvalue weighted by Gasteiger charge is 2.29. The van der Waals surface area contributed by atoms with Gasteiger partial charge < -0.3 is 5.11 Å². The lowest BCUT2D eigenvalue weighted by Crippen LogP contribution is -2.30. The van der Waals surface area contributed by atoms with Crippen LogP contribution >= 0.6 is 0 Å². The SMILES string of the molecule is CC(C)(C(=O)O)c1ccc(C=C2CCN(Cc3ccccc3)CC2)cc1. The molecule has 0 aromatic heterocycles. The minimum Gasteiger partial charge on any atom is -0.481 e. The first-order valence-corrected chi connectivity index (χ1v) is 9.25. The molecule has 0 radical (unpaired) electrons. The Hall–Kier alpha value is -2.39. The predicted molar refractivity (Wildman–Crippen MR) is 106 cm³/mol. The monoisotopic (exact) mass is 349 g/mol. The second-order valence-electron chi connectivity index (χ2n) is 7.62. The third kappa shape index (κ3) is 4.41. The van der Waals surface area contributed by atoms with Crippen LogP contribution in [-0.2, 0) is 16.8 Å². The summed E-state index contributed by atoms with van der Waals surface area (Å²) in [4.78, 5) is 13.9. The number of aliphatic carboxylic acids is 1. The van der Waals surface area contributed by atoms with Crippen LogP contribution in [0.4, 0.5) is 0 Å². The summed E-state index contributed by atoms with van der Waals surface area (Å²) >= 11 is 0. The molecule has 1 N–H and O–H groups in total. The quantitative estimate of drug-likeness (QED) is 0.848. The number of carboxylic acids is 1. The molecule has 3 rings (SSSR count). The summed E-state index contributed by atoms with van der Waals surface area (Å²) in [6.45, 7) is 6.68. The molecule has 0 atom stereocenters. The van der Waals surface area contributed by atoms with Gasteiger partial charge in [0.2, 0.25) is 0 Å². The smallest absolute Gasteiger partial charge is 0.313 e. The summed E-state index contributed by atoms with van der Waals surface area (Å²) in [5, 5.41) is 9.34. The van der Waals surface area contributed by atoms with Crippen molar-refractivity contribution in [2.75, 3.05) is 13.1 Å². The van der Waals surface area contributed by atoms with Crippen LogP contribution in [0.15, 0.2) is 60.2 Å². The van der Waals surface area contributed by atoms with Crippen molar-refractivity contribution in [3.8, 4) is 0 Å². The maximum absolute atomic E-state index is 11.4. The minimum atomic E-state index is -0.853. The molecule has 0 bridgehead atoms. The predicted octanol–water partition coefficient (Wildman–Crippen LogP) is 4.73. The van der Waals surface area contributed by atoms with Gasteiger partial charge in [0, 0.05) is 19.6 Å². The lowest BCUT2D eigenvalue weighted by atomic mass is 9.84. The Morgan fingerprint density at radius 1 is 1.04 bits per heavy atom. The molecule has 1 aliphatic rings. The van der Waals surface area contributed by atoms with Crippen molar-refractivity contribution < 1.29 is 9.90 Å². The molecular formula is C23H27NO2. The molecule has 0 spiro atoms. The van der Waals surface area contributed by atoms with Crippen LogP contribution in [0.2, 0.25) is 0 Å². The van der Waals surface area contributed by atoms with Crippen molar-refractivity contribution >= 4 is 12.0 Å². The van der Waals surface area contributed by atoms with Crippen molar-refractivity contribution in [2.24, 2.45) is 0 Å². The average molecular weight is 349 g/mol. The average Bonchev–Trinajstić information content (AvgIpc) is 2.64. The molecule has 3 heteroatoms. The number of hydrogen-bond donors (Lipinski definition) is 1. The van der Waals surface area contributed by atoms with Gasteiger partial charge in [0.15, 0.2) is 0 Å². The number of carbonyl (C=O) groups is 1. The van der Waals surface area contributed by atoms with Gasteiger partial charge in [-0.05, 0) is 43.4 Å². The third-order valence-electron chi connectivity index (χ3n) is 5.29. The Bertz CT molecular complexity index is 766. The molecule has 1 heterocycles. The molecule has 26 heavy (non-hydrogen) atoms. The minimum absolute atomic E-state index is 0.797. The topological polar surface area (TPSA) is 40.5 Å². The second-order valence-corrected chi connectivity index (χ2v) is 7.62. The molecule has 0 amide bonds. The van der Waals surface area contributed by atoms with E-state index in [0.717, 1.165) is 43.6 Å². The molecule has 3 nitrogen and oxygen atoms in total. The van der Waals surface area contributed by atoms with E-state index in [0.29, 0.717) is 0 Å². The lowest BCUT2D eigenvalue weighted by Gasteiger charge is -2.28. The van der Waals surface area contributed by atoms with Gasteiger partial charge in [-0.15, -0.1) is 0 Å². The fraction of sp³-hybridized carbons (Fsp3) is 0.348. The van der Waals surface area contributed by atoms with Crippen LogP contribution in [0.1, 0.15) is 43.4 Å². The number of rotatable bonds is 5. The van der Waals surface area contributed by atoms with Crippen molar-refractivity contribution in [1.29, 1.82) is 0 Å². The first kappa shape index (κ1) is 18.4. The van der Waals surface area contributed by atoms with Crippen LogP contribution in [0, 0.1) is 0 Å². The summed E-state index contributed by atoms with van der Waals surface area (Å²) in [5.74, 6) is -0.797. The van der Waals surface area contributed by atoms with E-state index < -0.39 is 11.4 Å². The van der Waals surface area contributed by atoms with Crippen LogP contribution in [0.25, 0.3) is 6.08 Å². The van der Waals surface area contributed by atoms with Crippen LogP contribution < -0.4 is 0 Å². The van der Waals surface area contributed by atoms with Crippen molar-refractivity contribution in [1.82, 2.24) is 4.90 Å². The first-order chi connectivity index (χ1) is 12.4. The van der Waals surface area contributed by atoms with Gasteiger partial charge in [0.1, 0.15) is 0 Å². The Morgan fingerprint density at radius 2 is 1.65 bits per heavy atom. The van der Waals surface area contributed by atoms with Gasteiger partial charge in [-0.2, -0.15) is 0 Å². The summed E-state index contributed by atoms with van der Waals surface area (Å²) in [6.07, 6.45) is 4.45. The number of hydrogen-bond acceptors (Lipinski definition) is 2. The zero-order chi connectivity index (χ0) is 18.6. The molecule has 0 aliphatic carbocycles. The number of likely N-dealkylation sites (tertiary alicyclic amines) is 1. The number of nitrogens with zero attached hydrogens (tertiary/aromatic N) is 1. The maximum atomic E-state index is 11.4. The molecule has 2 aromatic rings. The molecule has 0 unspecified atom stereocenters. The number of carboxylic acid groups (broad SMARTS) is 1. The number of benzene rings is 2. The van der Waals surface area contributed by atoms with Crippen molar-refractivity contribution in [3.63, 3.8) is 0 Å². The lowest BCUT2D eigenvalue weighted by molar-refractivity contribution is -0.142. The second kappa shape index (κ2) is 7.88. The zero-order valence-electron chi connectivity index (χ0n) is 15.6. The van der Waals surface area contributed by atoms with E-state index in [2.05, 4.69) is 41.3 Å². The third-order valence-corrected chi connectivity index (χ3v) is 5.29. The van der Waals surface area contributed by atoms with E-state index >= 15 is 0 Å². The van der Waals surface area contributed by atoms with E-state index in [9.17, 15) is 9.90 Å². The zero-order valence-corrected chi connectivity index (χ0v) is 15.6. The normalized spacial score (nSPS) is 15.7. The van der Waals surface area contributed by atoms with E-state index in [1.807, 2.05) is 24.3 Å². The molecule has 0 saturated carbocycles. The van der Waals surface area contributed by atoms with Crippen LogP contribution in [0.3, 0.4) is 0 Å². The van der Waals surface area contributed by atoms with Gasteiger partial charge in [-0.1, -0.05) is 66.2 Å². The van der Waals surface area contributed by atoms with Gasteiger partial charge in [-0.3, -0.25) is 9.69 Å². The Morgan fingerprint density at radius 3 is 2.23 bits per heavy atom. The molecule has 1 aliphatic heterocycles. The van der Waals surface area contributed by atoms with E-state index in [1.165, 1.54) is 11.1 Å². The Balaban J connectivity index is 1.59. The fourth-order valence-corrected chi connectivity index (χ4v) is 3.34. The summed E-state index contributed by atoms with van der Waals surface area (Å²) < 4.78 is 0. The molecule has 1 saturated heterocycles. The molecule has 1 fully saturated rings. The molecule has 2 aromatic carbocycles. The van der Waals surface area contributed by atoms with Gasteiger partial charge in [0.05, 0.1) is 5.41 Å². The Labute approximate surface area is 156 Å². The highest BCUT2D eigenvalue weighted by Crippen LogP contribution is 2.25. The highest BCUT2D eigenvalue weighted by atomic mass is 16.4. The van der Waals surface area contributed by atoms with E-state index in [1.54, 1.807) is 13.8 Å². The van der Waals surface area contributed by atoms with Gasteiger partial charge in [-0.25, -0.2) is 0 Å². The highest BCUT2D eigenvalue weighted by molar-refractivity contribution is 5.80. The Kier molecular flexibility index (Phi) is 5.58. The van der Waals surface area contributed by atoms with E-state index in [-0.39, 0.29) is 0 Å². The first-order valence-electron chi connectivity index (χ1n) is 9.25. The molecule has 136 valence electrons. The van der Waals surface area contributed by atoms with Crippen LogP contribution in [0.5, 0.6) is 0 Å². The summed E-state index contributed by atoms with van der Waals surface area (Å²) in [7, 11) is 0. The van der Waals surface area contributed by atoms with E-state index in [4.69, 9.17) is 0 Å². The van der Waals surface area contributed by atoms with Gasteiger partial charge >= 0.3 is 5.97 Å². The standard InChI is InChI=1S/C23H27NO2/c1-23(2,22(25)26)21-10-8-18(9-11-21)16-19-12-14-24(15-13-19)17-20-6-4-3-5-7-20/h3-11,16H,12-15,17H2,1-2H3,(H,25,26). The number of piperidine rings is 1. The fourth-order valence-electron chi connectivity index (χ4n) is 3.34. The van der Waals surface area contributed by atoms with Gasteiger partial charge in [0.25, 0.3) is 0 Å². The van der Waals surface area contributed by atoms with Crippen molar-refractivity contribution in [3.05, 3.63) is 76.9 Å². The van der Waals surface area contributed by atoms with Crippen LogP contribution in [-0.4, -0.2) is 29.1 Å².